The highest BCUT2D eigenvalue weighted by molar-refractivity contribution is 6.32. The number of rotatable bonds is 11. The number of halogens is 4. The summed E-state index contributed by atoms with van der Waals surface area (Å²) in [7, 11) is 0. The fraction of sp³-hybridized carbons (Fsp3) is 0.381. The fourth-order valence-corrected chi connectivity index (χ4v) is 3.46. The van der Waals surface area contributed by atoms with Crippen LogP contribution in [0.15, 0.2) is 48.4 Å². The van der Waals surface area contributed by atoms with Crippen molar-refractivity contribution < 1.29 is 37.7 Å². The lowest BCUT2D eigenvalue weighted by molar-refractivity contribution is -0.136. The normalized spacial score (nSPS) is 16.4. The Bertz CT molecular complexity index is 1050. The maximum atomic E-state index is 14.8. The quantitative estimate of drug-likeness (QED) is 0.433. The number of nitrogens with zero attached hydrogens (tertiary/aromatic N) is 3. The van der Waals surface area contributed by atoms with Gasteiger partial charge in [0.15, 0.2) is 5.82 Å². The number of hydrogen-bond donors (Lipinski definition) is 3. The molecule has 184 valence electrons. The molecule has 0 aliphatic carbocycles. The van der Waals surface area contributed by atoms with E-state index < -0.39 is 49.6 Å². The zero-order valence-electron chi connectivity index (χ0n) is 17.7. The highest BCUT2D eigenvalue weighted by Gasteiger charge is 2.41. The van der Waals surface area contributed by atoms with Crippen LogP contribution in [0.5, 0.6) is 5.75 Å². The summed E-state index contributed by atoms with van der Waals surface area (Å²) in [5, 5.41) is 24.9. The van der Waals surface area contributed by atoms with Gasteiger partial charge in [-0.25, -0.2) is 13.2 Å². The Morgan fingerprint density at radius 1 is 1.26 bits per heavy atom. The Kier molecular flexibility index (Phi) is 8.53. The van der Waals surface area contributed by atoms with Crippen molar-refractivity contribution in [2.75, 3.05) is 18.5 Å². The van der Waals surface area contributed by atoms with Crippen LogP contribution in [0, 0.1) is 0 Å². The van der Waals surface area contributed by atoms with E-state index >= 15 is 0 Å². The molecular formula is C21H22ClF3N4O5. The molecule has 1 aliphatic heterocycles. The number of aromatic nitrogens is 2. The van der Waals surface area contributed by atoms with E-state index in [1.807, 2.05) is 0 Å². The maximum Gasteiger partial charge on any atom is 0.251 e. The minimum atomic E-state index is -3.05. The largest absolute Gasteiger partial charge is 0.458 e. The number of anilines is 1. The van der Waals surface area contributed by atoms with Gasteiger partial charge in [0, 0.05) is 24.8 Å². The highest BCUT2D eigenvalue weighted by Crippen LogP contribution is 2.28. The van der Waals surface area contributed by atoms with Crippen molar-refractivity contribution in [1.29, 1.82) is 0 Å². The predicted octanol–water partition coefficient (Wildman–Crippen LogP) is 2.00. The molecule has 2 heterocycles. The van der Waals surface area contributed by atoms with Crippen LogP contribution in [0.2, 0.25) is 5.02 Å². The SMILES string of the molecule is O=C(Nc1ccn(C[C@@H](O)CO)n1)C(C(F)CC(F)F)N1CC(Oc2ccccc2Cl)=CC1=O. The van der Waals surface area contributed by atoms with Gasteiger partial charge in [-0.15, -0.1) is 0 Å². The highest BCUT2D eigenvalue weighted by atomic mass is 35.5. The van der Waals surface area contributed by atoms with Crippen molar-refractivity contribution in [3.8, 4) is 5.75 Å². The summed E-state index contributed by atoms with van der Waals surface area (Å²) in [5.74, 6) is -1.64. The summed E-state index contributed by atoms with van der Waals surface area (Å²) in [4.78, 5) is 26.2. The van der Waals surface area contributed by atoms with E-state index in [0.717, 1.165) is 11.0 Å². The van der Waals surface area contributed by atoms with Gasteiger partial charge < -0.3 is 25.2 Å². The van der Waals surface area contributed by atoms with Gasteiger partial charge in [0.25, 0.3) is 11.8 Å². The monoisotopic (exact) mass is 502 g/mol. The van der Waals surface area contributed by atoms with Crippen LogP contribution >= 0.6 is 11.6 Å². The van der Waals surface area contributed by atoms with E-state index in [-0.39, 0.29) is 35.4 Å². The minimum Gasteiger partial charge on any atom is -0.458 e. The Morgan fingerprint density at radius 2 is 2.00 bits per heavy atom. The predicted molar refractivity (Wildman–Crippen MR) is 115 cm³/mol. The van der Waals surface area contributed by atoms with Gasteiger partial charge in [0.1, 0.15) is 23.7 Å². The van der Waals surface area contributed by atoms with E-state index in [1.54, 1.807) is 24.3 Å². The van der Waals surface area contributed by atoms with Crippen molar-refractivity contribution in [3.05, 3.63) is 53.4 Å². The first-order valence-electron chi connectivity index (χ1n) is 10.2. The number of benzene rings is 1. The van der Waals surface area contributed by atoms with Crippen molar-refractivity contribution in [3.63, 3.8) is 0 Å². The molecule has 34 heavy (non-hydrogen) atoms. The molecule has 0 radical (unpaired) electrons. The molecule has 1 aromatic heterocycles. The first-order valence-corrected chi connectivity index (χ1v) is 10.5. The molecule has 0 spiro atoms. The van der Waals surface area contributed by atoms with Gasteiger partial charge in [-0.2, -0.15) is 5.10 Å². The van der Waals surface area contributed by atoms with E-state index in [9.17, 15) is 27.9 Å². The van der Waals surface area contributed by atoms with Gasteiger partial charge >= 0.3 is 0 Å². The molecule has 0 fully saturated rings. The molecule has 1 aliphatic rings. The lowest BCUT2D eigenvalue weighted by Crippen LogP contribution is -2.51. The number of hydrogen-bond acceptors (Lipinski definition) is 6. The van der Waals surface area contributed by atoms with E-state index in [2.05, 4.69) is 10.4 Å². The number of aliphatic hydroxyl groups excluding tert-OH is 2. The van der Waals surface area contributed by atoms with Crippen LogP contribution in [0.1, 0.15) is 6.42 Å². The maximum absolute atomic E-state index is 14.8. The molecule has 1 aromatic carbocycles. The summed E-state index contributed by atoms with van der Waals surface area (Å²) in [6.07, 6.45) is -5.37. The van der Waals surface area contributed by atoms with Crippen molar-refractivity contribution >= 4 is 29.2 Å². The molecule has 0 saturated carbocycles. The molecule has 13 heteroatoms. The summed E-state index contributed by atoms with van der Waals surface area (Å²) in [6.45, 7) is -0.934. The number of carbonyl (C=O) groups excluding carboxylic acids is 2. The second-order valence-electron chi connectivity index (χ2n) is 7.45. The average molecular weight is 503 g/mol. The number of ether oxygens (including phenoxy) is 1. The number of alkyl halides is 3. The summed E-state index contributed by atoms with van der Waals surface area (Å²) < 4.78 is 47.4. The third-order valence-corrected chi connectivity index (χ3v) is 5.13. The number of para-hydroxylation sites is 1. The van der Waals surface area contributed by atoms with Crippen molar-refractivity contribution in [2.24, 2.45) is 0 Å². The van der Waals surface area contributed by atoms with E-state index in [0.29, 0.717) is 0 Å². The van der Waals surface area contributed by atoms with Crippen LogP contribution < -0.4 is 10.1 Å². The van der Waals surface area contributed by atoms with Crippen molar-refractivity contribution in [1.82, 2.24) is 14.7 Å². The van der Waals surface area contributed by atoms with Gasteiger partial charge in [0.2, 0.25) is 6.43 Å². The number of carbonyl (C=O) groups is 2. The number of aliphatic hydroxyl groups is 2. The van der Waals surface area contributed by atoms with Crippen molar-refractivity contribution in [2.45, 2.75) is 37.7 Å². The Labute approximate surface area is 197 Å². The summed E-state index contributed by atoms with van der Waals surface area (Å²) in [5.41, 5.74) is 0. The van der Waals surface area contributed by atoms with Gasteiger partial charge in [-0.3, -0.25) is 14.3 Å². The molecule has 2 aromatic rings. The van der Waals surface area contributed by atoms with Crippen LogP contribution in [0.25, 0.3) is 0 Å². The van der Waals surface area contributed by atoms with E-state index in [1.165, 1.54) is 16.9 Å². The lowest BCUT2D eigenvalue weighted by atomic mass is 10.1. The topological polar surface area (TPSA) is 117 Å². The molecule has 3 atom stereocenters. The number of nitrogens with one attached hydrogen (secondary N) is 1. The zero-order chi connectivity index (χ0) is 24.8. The van der Waals surface area contributed by atoms with Crippen LogP contribution in [-0.4, -0.2) is 74.6 Å². The summed E-state index contributed by atoms with van der Waals surface area (Å²) in [6, 6.07) is 5.85. The van der Waals surface area contributed by atoms with Gasteiger partial charge in [0.05, 0.1) is 30.8 Å². The Morgan fingerprint density at radius 3 is 2.68 bits per heavy atom. The molecule has 0 saturated heterocycles. The standard InChI is InChI=1S/C21H22ClF3N4O5/c22-14-3-1-2-4-16(14)34-13-7-19(32)29(10-13)20(15(23)8-17(24)25)21(33)26-18-5-6-28(27-18)9-12(31)11-30/h1-7,12,15,17,20,30-31H,8-11H2,(H,26,27,33)/t12-,15?,20?/m1/s1. The molecule has 2 unspecified atom stereocenters. The second-order valence-corrected chi connectivity index (χ2v) is 7.85. The minimum absolute atomic E-state index is 0.0578. The zero-order valence-corrected chi connectivity index (χ0v) is 18.4. The Hall–Kier alpha value is -3.09. The fourth-order valence-electron chi connectivity index (χ4n) is 3.28. The average Bonchev–Trinajstić information content (AvgIpc) is 3.35. The number of amides is 2. The first-order chi connectivity index (χ1) is 16.2. The third kappa shape index (κ3) is 6.49. The van der Waals surface area contributed by atoms with Crippen LogP contribution in [-0.2, 0) is 16.1 Å². The van der Waals surface area contributed by atoms with Gasteiger partial charge in [-0.05, 0) is 12.1 Å². The van der Waals surface area contributed by atoms with Gasteiger partial charge in [-0.1, -0.05) is 23.7 Å². The molecular weight excluding hydrogens is 481 g/mol. The molecule has 3 rings (SSSR count). The second kappa shape index (κ2) is 11.4. The third-order valence-electron chi connectivity index (χ3n) is 4.82. The van der Waals surface area contributed by atoms with E-state index in [4.69, 9.17) is 21.4 Å². The first kappa shape index (κ1) is 25.5. The van der Waals surface area contributed by atoms with Crippen LogP contribution in [0.3, 0.4) is 0 Å². The Balaban J connectivity index is 1.75. The molecule has 2 amide bonds. The summed E-state index contributed by atoms with van der Waals surface area (Å²) >= 11 is 6.03. The lowest BCUT2D eigenvalue weighted by Gasteiger charge is -2.29. The molecule has 0 bridgehead atoms. The molecule has 9 nitrogen and oxygen atoms in total. The van der Waals surface area contributed by atoms with Crippen LogP contribution in [0.4, 0.5) is 19.0 Å². The smallest absolute Gasteiger partial charge is 0.251 e. The molecule has 3 N–H and O–H groups in total.